The third-order valence-corrected chi connectivity index (χ3v) is 9.35. The Morgan fingerprint density at radius 1 is 1.12 bits per heavy atom. The maximum Gasteiger partial charge on any atom is 0.407 e. The van der Waals surface area contributed by atoms with E-state index in [9.17, 15) is 14.7 Å². The number of aryl methyl sites for hydroxylation is 1. The molecular weight excluding hydrogens is 542 g/mol. The van der Waals surface area contributed by atoms with Crippen molar-refractivity contribution in [3.05, 3.63) is 83.1 Å². The molecule has 220 valence electrons. The highest BCUT2D eigenvalue weighted by molar-refractivity contribution is 5.99. The molecule has 5 aromatic rings. The zero-order valence-electron chi connectivity index (χ0n) is 24.7. The first-order valence-electron chi connectivity index (χ1n) is 14.9. The van der Waals surface area contributed by atoms with E-state index in [1.165, 1.54) is 5.56 Å². The summed E-state index contributed by atoms with van der Waals surface area (Å²) in [6.45, 7) is 8.05. The van der Waals surface area contributed by atoms with Gasteiger partial charge in [-0.25, -0.2) is 19.3 Å². The highest BCUT2D eigenvalue weighted by atomic mass is 16.4. The van der Waals surface area contributed by atoms with E-state index in [-0.39, 0.29) is 17.4 Å². The van der Waals surface area contributed by atoms with Crippen LogP contribution >= 0.6 is 0 Å². The Hall–Kier alpha value is -4.73. The molecule has 2 N–H and O–H groups in total. The Balaban J connectivity index is 1.28. The molecule has 0 aliphatic carbocycles. The summed E-state index contributed by atoms with van der Waals surface area (Å²) in [5, 5.41) is 15.3. The fraction of sp³-hybridized carbons (Fsp3) is 0.364. The zero-order chi connectivity index (χ0) is 29.9. The lowest BCUT2D eigenvalue weighted by Crippen LogP contribution is -2.45. The van der Waals surface area contributed by atoms with Crippen molar-refractivity contribution >= 4 is 28.7 Å². The van der Waals surface area contributed by atoms with Crippen LogP contribution in [0, 0.1) is 12.3 Å². The Labute approximate surface area is 249 Å². The standard InChI is InChI=1S/C33H35N7O3/c1-20-16-35-29-25(20)14-24(17-36-29)22-12-21-7-11-38(31(41)26-18-37-40-10-5-8-34-30(26)40)19-27(21)23(13-22)15-33(2,3)28-6-4-9-39(28)32(42)43/h5,8,10,12-14,16-18,28H,4,6-7,9,11,15,19H2,1-3H3,(H,35,36)(H,42,43)/t28-/m0/s1. The molecule has 1 fully saturated rings. The molecule has 0 bridgehead atoms. The number of hydrogen-bond acceptors (Lipinski definition) is 5. The van der Waals surface area contributed by atoms with E-state index in [1.807, 2.05) is 17.3 Å². The van der Waals surface area contributed by atoms with Crippen LogP contribution in [0.1, 0.15) is 59.3 Å². The Kier molecular flexibility index (Phi) is 6.45. The predicted molar refractivity (Wildman–Crippen MR) is 163 cm³/mol. The van der Waals surface area contributed by atoms with Gasteiger partial charge in [0.15, 0.2) is 5.65 Å². The second-order valence-electron chi connectivity index (χ2n) is 12.6. The number of H-pyrrole nitrogens is 1. The van der Waals surface area contributed by atoms with Gasteiger partial charge in [0.2, 0.25) is 0 Å². The van der Waals surface area contributed by atoms with Gasteiger partial charge in [-0.2, -0.15) is 5.10 Å². The average Bonchev–Trinajstić information content (AvgIpc) is 3.75. The number of benzene rings is 1. The number of carbonyl (C=O) groups excluding carboxylic acids is 1. The van der Waals surface area contributed by atoms with Crippen LogP contribution in [-0.2, 0) is 19.4 Å². The van der Waals surface area contributed by atoms with Gasteiger partial charge in [-0.1, -0.05) is 26.0 Å². The molecule has 6 heterocycles. The van der Waals surface area contributed by atoms with Crippen molar-refractivity contribution in [3.63, 3.8) is 0 Å². The lowest BCUT2D eigenvalue weighted by Gasteiger charge is -2.38. The van der Waals surface area contributed by atoms with Gasteiger partial charge >= 0.3 is 6.09 Å². The number of carbonyl (C=O) groups is 2. The van der Waals surface area contributed by atoms with Crippen molar-refractivity contribution in [2.24, 2.45) is 5.41 Å². The molecule has 2 amide bonds. The van der Waals surface area contributed by atoms with Crippen molar-refractivity contribution in [2.45, 2.75) is 59.0 Å². The second-order valence-corrected chi connectivity index (χ2v) is 12.6. The van der Waals surface area contributed by atoms with E-state index < -0.39 is 6.09 Å². The number of nitrogens with zero attached hydrogens (tertiary/aromatic N) is 6. The summed E-state index contributed by atoms with van der Waals surface area (Å²) in [6.07, 6.45) is 11.2. The summed E-state index contributed by atoms with van der Waals surface area (Å²) in [5.74, 6) is -0.0842. The molecule has 2 aliphatic rings. The molecule has 1 saturated heterocycles. The number of aromatic nitrogens is 5. The van der Waals surface area contributed by atoms with Gasteiger partial charge in [0.25, 0.3) is 5.91 Å². The van der Waals surface area contributed by atoms with E-state index >= 15 is 0 Å². The number of pyridine rings is 1. The van der Waals surface area contributed by atoms with Gasteiger partial charge in [0, 0.05) is 61.4 Å². The normalized spacial score (nSPS) is 17.1. The molecular formula is C33H35N7O3. The van der Waals surface area contributed by atoms with Gasteiger partial charge in [0.05, 0.1) is 6.20 Å². The largest absolute Gasteiger partial charge is 0.465 e. The van der Waals surface area contributed by atoms with Crippen LogP contribution in [-0.4, -0.2) is 70.6 Å². The number of rotatable bonds is 5. The first-order chi connectivity index (χ1) is 20.7. The minimum atomic E-state index is -0.855. The Bertz CT molecular complexity index is 1890. The van der Waals surface area contributed by atoms with Crippen molar-refractivity contribution < 1.29 is 14.7 Å². The van der Waals surface area contributed by atoms with E-state index in [0.29, 0.717) is 37.3 Å². The van der Waals surface area contributed by atoms with Gasteiger partial charge in [-0.15, -0.1) is 0 Å². The molecule has 0 spiro atoms. The van der Waals surface area contributed by atoms with Crippen LogP contribution in [0.25, 0.3) is 27.8 Å². The lowest BCUT2D eigenvalue weighted by atomic mass is 9.75. The minimum Gasteiger partial charge on any atom is -0.465 e. The summed E-state index contributed by atoms with van der Waals surface area (Å²) in [5.41, 5.74) is 8.40. The molecule has 0 saturated carbocycles. The lowest BCUT2D eigenvalue weighted by molar-refractivity contribution is 0.0734. The summed E-state index contributed by atoms with van der Waals surface area (Å²) in [4.78, 5) is 41.7. The molecule has 2 aliphatic heterocycles. The summed E-state index contributed by atoms with van der Waals surface area (Å²) in [6, 6.07) is 8.38. The van der Waals surface area contributed by atoms with Gasteiger partial charge in [0.1, 0.15) is 11.2 Å². The molecule has 10 heteroatoms. The predicted octanol–water partition coefficient (Wildman–Crippen LogP) is 5.49. The first-order valence-corrected chi connectivity index (χ1v) is 14.9. The maximum absolute atomic E-state index is 13.8. The SMILES string of the molecule is Cc1c[nH]c2ncc(-c3cc4c(c(CC(C)(C)[C@@H]5CCCN5C(=O)O)c3)CN(C(=O)c3cnn5cccnc35)CC4)cc12. The van der Waals surface area contributed by atoms with E-state index in [2.05, 4.69) is 59.0 Å². The number of aromatic amines is 1. The molecule has 1 atom stereocenters. The van der Waals surface area contributed by atoms with Crippen molar-refractivity contribution in [3.8, 4) is 11.1 Å². The van der Waals surface area contributed by atoms with Crippen LogP contribution in [0.5, 0.6) is 0 Å². The quantitative estimate of drug-likeness (QED) is 0.285. The first kappa shape index (κ1) is 27.1. The number of carboxylic acid groups (broad SMARTS) is 1. The maximum atomic E-state index is 13.8. The molecule has 7 rings (SSSR count). The van der Waals surface area contributed by atoms with Gasteiger partial charge < -0.3 is 19.9 Å². The Morgan fingerprint density at radius 2 is 1.98 bits per heavy atom. The van der Waals surface area contributed by atoms with E-state index in [1.54, 1.807) is 34.1 Å². The van der Waals surface area contributed by atoms with Crippen molar-refractivity contribution in [2.75, 3.05) is 13.1 Å². The number of amides is 2. The molecule has 0 radical (unpaired) electrons. The van der Waals surface area contributed by atoms with Crippen LogP contribution in [0.3, 0.4) is 0 Å². The van der Waals surface area contributed by atoms with Gasteiger partial charge in [-0.3, -0.25) is 4.79 Å². The molecule has 43 heavy (non-hydrogen) atoms. The monoisotopic (exact) mass is 577 g/mol. The topological polar surface area (TPSA) is 120 Å². The van der Waals surface area contributed by atoms with Crippen molar-refractivity contribution in [1.82, 2.24) is 34.4 Å². The van der Waals surface area contributed by atoms with Gasteiger partial charge in [-0.05, 0) is 78.0 Å². The van der Waals surface area contributed by atoms with E-state index in [0.717, 1.165) is 58.1 Å². The average molecular weight is 578 g/mol. The summed E-state index contributed by atoms with van der Waals surface area (Å²) >= 11 is 0. The molecule has 1 aromatic carbocycles. The van der Waals surface area contributed by atoms with Crippen LogP contribution in [0.2, 0.25) is 0 Å². The number of likely N-dealkylation sites (tertiary alicyclic amines) is 1. The second kappa shape index (κ2) is 10.2. The number of hydrogen-bond donors (Lipinski definition) is 2. The Morgan fingerprint density at radius 3 is 2.81 bits per heavy atom. The van der Waals surface area contributed by atoms with Crippen LogP contribution in [0.4, 0.5) is 4.79 Å². The van der Waals surface area contributed by atoms with Crippen LogP contribution in [0.15, 0.2) is 55.2 Å². The van der Waals surface area contributed by atoms with E-state index in [4.69, 9.17) is 0 Å². The van der Waals surface area contributed by atoms with Crippen molar-refractivity contribution in [1.29, 1.82) is 0 Å². The molecule has 10 nitrogen and oxygen atoms in total. The number of fused-ring (bicyclic) bond motifs is 3. The highest BCUT2D eigenvalue weighted by Gasteiger charge is 2.40. The minimum absolute atomic E-state index is 0.0731. The highest BCUT2D eigenvalue weighted by Crippen LogP contribution is 2.40. The zero-order valence-corrected chi connectivity index (χ0v) is 24.7. The fourth-order valence-corrected chi connectivity index (χ4v) is 7.10. The molecule has 4 aromatic heterocycles. The number of nitrogens with one attached hydrogen (secondary N) is 1. The fourth-order valence-electron chi connectivity index (χ4n) is 7.10. The summed E-state index contributed by atoms with van der Waals surface area (Å²) in [7, 11) is 0. The smallest absolute Gasteiger partial charge is 0.407 e. The third-order valence-electron chi connectivity index (χ3n) is 9.35. The molecule has 0 unspecified atom stereocenters. The van der Waals surface area contributed by atoms with Crippen LogP contribution < -0.4 is 0 Å². The third kappa shape index (κ3) is 4.70. The summed E-state index contributed by atoms with van der Waals surface area (Å²) < 4.78 is 1.62.